The third kappa shape index (κ3) is 2.52. The van der Waals surface area contributed by atoms with E-state index in [-0.39, 0.29) is 12.4 Å². The van der Waals surface area contributed by atoms with Gasteiger partial charge in [0.05, 0.1) is 0 Å². The van der Waals surface area contributed by atoms with Crippen LogP contribution in [0.2, 0.25) is 0 Å². The van der Waals surface area contributed by atoms with E-state index in [0.29, 0.717) is 28.2 Å². The summed E-state index contributed by atoms with van der Waals surface area (Å²) in [4.78, 5) is 0.712. The third-order valence-corrected chi connectivity index (χ3v) is 4.35. The lowest BCUT2D eigenvalue weighted by molar-refractivity contribution is -0.00000591. The van der Waals surface area contributed by atoms with Crippen LogP contribution >= 0.6 is 11.8 Å². The van der Waals surface area contributed by atoms with Crippen LogP contribution in [-0.2, 0) is 12.2 Å². The van der Waals surface area contributed by atoms with E-state index in [1.165, 1.54) is 23.9 Å². The minimum absolute atomic E-state index is 0. The minimum atomic E-state index is -0.902. The lowest BCUT2D eigenvalue weighted by Crippen LogP contribution is -3.00. The molecule has 0 fully saturated rings. The molecule has 2 aromatic rings. The van der Waals surface area contributed by atoms with Gasteiger partial charge < -0.3 is 12.4 Å². The van der Waals surface area contributed by atoms with Crippen LogP contribution in [0.5, 0.6) is 0 Å². The number of benzene rings is 2. The fraction of sp³-hybridized carbons (Fsp3) is 0.143. The number of rotatable bonds is 3. The molecule has 0 heterocycles. The van der Waals surface area contributed by atoms with E-state index < -0.39 is 23.3 Å². The number of hydrogen-bond acceptors (Lipinski definition) is 1. The molecular formula is C14H8ClF4S-. The highest BCUT2D eigenvalue weighted by Crippen LogP contribution is 2.41. The highest BCUT2D eigenvalue weighted by Gasteiger charge is 2.27. The molecule has 0 saturated carbocycles. The molecule has 0 aliphatic heterocycles. The Morgan fingerprint density at radius 1 is 0.950 bits per heavy atom. The standard InChI is InChI=1S/C14H8F4S.ClH/c15-10-2-1-7(3-11(10)16)6-19-14-8-4-9(14)13(18)12(17)5-8;/h1-3,5H,4,6H2;1H/p-1. The first-order valence-electron chi connectivity index (χ1n) is 5.62. The van der Waals surface area contributed by atoms with Crippen molar-refractivity contribution in [1.82, 2.24) is 0 Å². The van der Waals surface area contributed by atoms with Crippen molar-refractivity contribution in [2.45, 2.75) is 17.1 Å². The summed E-state index contributed by atoms with van der Waals surface area (Å²) in [6.07, 6.45) is 0.444. The maximum absolute atomic E-state index is 13.4. The molecule has 2 aromatic carbocycles. The van der Waals surface area contributed by atoms with Gasteiger partial charge in [-0.1, -0.05) is 6.07 Å². The average Bonchev–Trinajstić information content (AvgIpc) is 2.36. The van der Waals surface area contributed by atoms with Crippen molar-refractivity contribution in [2.75, 3.05) is 0 Å². The summed E-state index contributed by atoms with van der Waals surface area (Å²) < 4.78 is 52.1. The molecule has 0 aromatic heterocycles. The monoisotopic (exact) mass is 319 g/mol. The Hall–Kier alpha value is -1.20. The van der Waals surface area contributed by atoms with Crippen LogP contribution in [0.4, 0.5) is 17.6 Å². The first kappa shape index (κ1) is 15.2. The zero-order chi connectivity index (χ0) is 13.6. The van der Waals surface area contributed by atoms with E-state index in [1.807, 2.05) is 0 Å². The average molecular weight is 320 g/mol. The van der Waals surface area contributed by atoms with Gasteiger partial charge in [0, 0.05) is 22.6 Å². The van der Waals surface area contributed by atoms with Crippen LogP contribution in [-0.4, -0.2) is 0 Å². The smallest absolute Gasteiger partial charge is 0.163 e. The van der Waals surface area contributed by atoms with Gasteiger partial charge in [-0.05, 0) is 29.3 Å². The molecule has 20 heavy (non-hydrogen) atoms. The fourth-order valence-electron chi connectivity index (χ4n) is 2.06. The summed E-state index contributed by atoms with van der Waals surface area (Å²) >= 11 is 1.31. The van der Waals surface area contributed by atoms with Crippen molar-refractivity contribution in [3.63, 3.8) is 0 Å². The maximum Gasteiger partial charge on any atom is 0.163 e. The largest absolute Gasteiger partial charge is 1.00 e. The Morgan fingerprint density at radius 2 is 1.70 bits per heavy atom. The van der Waals surface area contributed by atoms with E-state index in [2.05, 4.69) is 0 Å². The second kappa shape index (κ2) is 5.66. The van der Waals surface area contributed by atoms with Gasteiger partial charge in [-0.25, -0.2) is 17.6 Å². The van der Waals surface area contributed by atoms with E-state index in [9.17, 15) is 17.6 Å². The zero-order valence-corrected chi connectivity index (χ0v) is 11.6. The van der Waals surface area contributed by atoms with Gasteiger partial charge >= 0.3 is 0 Å². The summed E-state index contributed by atoms with van der Waals surface area (Å²) in [5.41, 5.74) is 1.75. The fourth-order valence-corrected chi connectivity index (χ4v) is 3.20. The van der Waals surface area contributed by atoms with Crippen molar-refractivity contribution in [2.24, 2.45) is 0 Å². The minimum Gasteiger partial charge on any atom is -1.00 e. The van der Waals surface area contributed by atoms with Crippen LogP contribution < -0.4 is 12.4 Å². The molecule has 0 saturated heterocycles. The highest BCUT2D eigenvalue weighted by atomic mass is 35.5. The molecule has 2 aliphatic carbocycles. The van der Waals surface area contributed by atoms with Crippen LogP contribution in [0, 0.1) is 23.3 Å². The first-order chi connectivity index (χ1) is 9.06. The lowest BCUT2D eigenvalue weighted by atomic mass is 9.92. The second-order valence-electron chi connectivity index (χ2n) is 4.35. The number of hydrogen-bond donors (Lipinski definition) is 0. The summed E-state index contributed by atoms with van der Waals surface area (Å²) in [5.74, 6) is -3.03. The molecular weight excluding hydrogens is 312 g/mol. The van der Waals surface area contributed by atoms with Gasteiger partial charge in [-0.15, -0.1) is 11.8 Å². The summed E-state index contributed by atoms with van der Waals surface area (Å²) in [6, 6.07) is 4.84. The Labute approximate surface area is 123 Å². The summed E-state index contributed by atoms with van der Waals surface area (Å²) in [5, 5.41) is 0. The molecule has 0 amide bonds. The van der Waals surface area contributed by atoms with Gasteiger partial charge in [0.15, 0.2) is 23.3 Å². The molecule has 2 aliphatic rings. The number of halogens is 5. The lowest BCUT2D eigenvalue weighted by Gasteiger charge is -2.24. The molecule has 4 rings (SSSR count). The molecule has 0 nitrogen and oxygen atoms in total. The van der Waals surface area contributed by atoms with Gasteiger partial charge in [-0.3, -0.25) is 0 Å². The molecule has 0 radical (unpaired) electrons. The Balaban J connectivity index is 0.00000147. The van der Waals surface area contributed by atoms with Crippen molar-refractivity contribution < 1.29 is 30.0 Å². The van der Waals surface area contributed by atoms with Crippen molar-refractivity contribution >= 4 is 11.8 Å². The summed E-state index contributed by atoms with van der Waals surface area (Å²) in [7, 11) is 0. The van der Waals surface area contributed by atoms with Crippen LogP contribution in [0.25, 0.3) is 0 Å². The van der Waals surface area contributed by atoms with Gasteiger partial charge in [0.25, 0.3) is 0 Å². The Bertz CT molecular complexity index is 673. The third-order valence-electron chi connectivity index (χ3n) is 3.08. The van der Waals surface area contributed by atoms with Gasteiger partial charge in [0.1, 0.15) is 0 Å². The first-order valence-corrected chi connectivity index (χ1v) is 6.61. The van der Waals surface area contributed by atoms with E-state index >= 15 is 0 Å². The van der Waals surface area contributed by atoms with E-state index in [4.69, 9.17) is 0 Å². The zero-order valence-electron chi connectivity index (χ0n) is 10.0. The normalized spacial score (nSPS) is 11.8. The quantitative estimate of drug-likeness (QED) is 0.520. The maximum atomic E-state index is 13.4. The second-order valence-corrected chi connectivity index (χ2v) is 5.34. The SMILES string of the molecule is FC1=C(F)C2=C(SCc3ccc(F)c(F)c3)C(=C1)C2.[Cl-]. The predicted molar refractivity (Wildman–Crippen MR) is 65.1 cm³/mol. The molecule has 6 heteroatoms. The van der Waals surface area contributed by atoms with E-state index in [1.54, 1.807) is 0 Å². The molecule has 0 atom stereocenters. The molecule has 0 N–H and O–H groups in total. The van der Waals surface area contributed by atoms with E-state index in [0.717, 1.165) is 17.7 Å². The predicted octanol–water partition coefficient (Wildman–Crippen LogP) is 1.44. The Kier molecular flexibility index (Phi) is 4.30. The Morgan fingerprint density at radius 3 is 2.35 bits per heavy atom. The van der Waals surface area contributed by atoms with Crippen molar-refractivity contribution in [3.05, 3.63) is 64.2 Å². The molecule has 0 unspecified atom stereocenters. The molecule has 106 valence electrons. The number of thioether (sulfide) groups is 1. The van der Waals surface area contributed by atoms with Crippen LogP contribution in [0.1, 0.15) is 16.7 Å². The van der Waals surface area contributed by atoms with Crippen molar-refractivity contribution in [3.8, 4) is 0 Å². The topological polar surface area (TPSA) is 0 Å². The summed E-state index contributed by atoms with van der Waals surface area (Å²) in [6.45, 7) is 0. The van der Waals surface area contributed by atoms with Crippen molar-refractivity contribution in [1.29, 1.82) is 0 Å². The van der Waals surface area contributed by atoms with Gasteiger partial charge in [0.2, 0.25) is 0 Å². The molecule has 0 spiro atoms. The van der Waals surface area contributed by atoms with Crippen LogP contribution in [0.3, 0.4) is 0 Å². The van der Waals surface area contributed by atoms with Crippen LogP contribution in [0.15, 0.2) is 29.2 Å². The molecule has 2 bridgehead atoms. The number of fused-ring (bicyclic) bond motifs is 2. The highest BCUT2D eigenvalue weighted by molar-refractivity contribution is 7.98. The van der Waals surface area contributed by atoms with Gasteiger partial charge in [-0.2, -0.15) is 0 Å².